The summed E-state index contributed by atoms with van der Waals surface area (Å²) in [6.45, 7) is 10.2. The van der Waals surface area contributed by atoms with E-state index >= 15 is 0 Å². The van der Waals surface area contributed by atoms with Gasteiger partial charge in [0.25, 0.3) is 0 Å². The van der Waals surface area contributed by atoms with Crippen LogP contribution < -0.4 is 10.7 Å². The summed E-state index contributed by atoms with van der Waals surface area (Å²) >= 11 is 0. The third kappa shape index (κ3) is 6.04. The number of fused-ring (bicyclic) bond motifs is 1. The van der Waals surface area contributed by atoms with Crippen LogP contribution >= 0.6 is 0 Å². The number of carbonyl (C=O) groups excluding carboxylic acids is 2. The van der Waals surface area contributed by atoms with E-state index in [2.05, 4.69) is 10.3 Å². The van der Waals surface area contributed by atoms with Gasteiger partial charge in [-0.15, -0.1) is 0 Å². The Labute approximate surface area is 170 Å². The molecule has 1 amide bonds. The second-order valence-electron chi connectivity index (χ2n) is 7.63. The van der Waals surface area contributed by atoms with Crippen LogP contribution in [0.15, 0.2) is 23.3 Å². The predicted octanol–water partition coefficient (Wildman–Crippen LogP) is 3.05. The van der Waals surface area contributed by atoms with Gasteiger partial charge in [-0.25, -0.2) is 14.6 Å². The van der Waals surface area contributed by atoms with Crippen LogP contribution in [0.4, 0.5) is 4.79 Å². The van der Waals surface area contributed by atoms with Gasteiger partial charge in [0, 0.05) is 25.5 Å². The van der Waals surface area contributed by atoms with Gasteiger partial charge in [-0.2, -0.15) is 0 Å². The van der Waals surface area contributed by atoms with Crippen LogP contribution in [-0.4, -0.2) is 40.4 Å². The highest BCUT2D eigenvalue weighted by Gasteiger charge is 2.18. The van der Waals surface area contributed by atoms with Crippen molar-refractivity contribution in [1.29, 1.82) is 0 Å². The van der Waals surface area contributed by atoms with Crippen molar-refractivity contribution < 1.29 is 19.1 Å². The first kappa shape index (κ1) is 22.4. The Morgan fingerprint density at radius 1 is 1.24 bits per heavy atom. The summed E-state index contributed by atoms with van der Waals surface area (Å²) < 4.78 is 12.0. The maximum Gasteiger partial charge on any atom is 0.407 e. The molecule has 0 aliphatic heterocycles. The van der Waals surface area contributed by atoms with Gasteiger partial charge in [0.05, 0.1) is 12.0 Å². The first-order valence-electron chi connectivity index (χ1n) is 9.82. The minimum Gasteiger partial charge on any atom is -0.462 e. The summed E-state index contributed by atoms with van der Waals surface area (Å²) in [7, 11) is 0. The number of hydrogen-bond donors (Lipinski definition) is 1. The smallest absolute Gasteiger partial charge is 0.407 e. The summed E-state index contributed by atoms with van der Waals surface area (Å²) in [6.07, 6.45) is 4.03. The molecule has 0 saturated carbocycles. The number of ether oxygens (including phenoxy) is 2. The fourth-order valence-electron chi connectivity index (χ4n) is 2.85. The number of nitrogens with zero attached hydrogens (tertiary/aromatic N) is 2. The zero-order chi connectivity index (χ0) is 21.6. The fourth-order valence-corrected chi connectivity index (χ4v) is 2.85. The van der Waals surface area contributed by atoms with E-state index in [1.54, 1.807) is 44.5 Å². The first-order valence-corrected chi connectivity index (χ1v) is 9.82. The van der Waals surface area contributed by atoms with Gasteiger partial charge in [-0.05, 0) is 59.1 Å². The largest absolute Gasteiger partial charge is 0.462 e. The molecule has 0 atom stereocenters. The molecule has 0 aliphatic rings. The Morgan fingerprint density at radius 2 is 1.97 bits per heavy atom. The molecule has 2 aromatic heterocycles. The van der Waals surface area contributed by atoms with Crippen LogP contribution in [0.5, 0.6) is 0 Å². The fraction of sp³-hybridized carbons (Fsp3) is 0.524. The molecule has 2 rings (SSSR count). The minimum atomic E-state index is -0.631. The van der Waals surface area contributed by atoms with E-state index in [-0.39, 0.29) is 17.6 Å². The number of hydrogen-bond acceptors (Lipinski definition) is 6. The molecule has 0 radical (unpaired) electrons. The van der Waals surface area contributed by atoms with Gasteiger partial charge in [-0.1, -0.05) is 0 Å². The average molecular weight is 403 g/mol. The van der Waals surface area contributed by atoms with E-state index in [0.29, 0.717) is 37.0 Å². The number of rotatable bonds is 7. The van der Waals surface area contributed by atoms with E-state index in [1.165, 1.54) is 6.20 Å². The lowest BCUT2D eigenvalue weighted by Gasteiger charge is -2.19. The summed E-state index contributed by atoms with van der Waals surface area (Å²) in [5.74, 6) is -0.631. The highest BCUT2D eigenvalue weighted by Crippen LogP contribution is 2.14. The standard InChI is InChI=1S/C21H29N3O5/c1-6-24-13-16(19(26)28-7-2)17(25)15-11-14(12-23-18(15)24)9-8-10-22-20(27)29-21(3,4)5/h11-13H,6-10H2,1-5H3,(H,22,27). The molecule has 0 bridgehead atoms. The van der Waals surface area contributed by atoms with E-state index in [9.17, 15) is 14.4 Å². The molecular formula is C21H29N3O5. The molecule has 2 aromatic rings. The number of nitrogens with one attached hydrogen (secondary N) is 1. The van der Waals surface area contributed by atoms with Crippen LogP contribution in [-0.2, 0) is 22.4 Å². The quantitative estimate of drug-likeness (QED) is 0.563. The summed E-state index contributed by atoms with van der Waals surface area (Å²) in [6, 6.07) is 1.76. The molecule has 2 heterocycles. The van der Waals surface area contributed by atoms with Crippen LogP contribution in [0.3, 0.4) is 0 Å². The summed E-state index contributed by atoms with van der Waals surface area (Å²) in [5.41, 5.74) is 0.462. The highest BCUT2D eigenvalue weighted by atomic mass is 16.6. The van der Waals surface area contributed by atoms with Gasteiger partial charge in [0.1, 0.15) is 16.8 Å². The normalized spacial score (nSPS) is 11.3. The SMILES string of the molecule is CCOC(=O)c1cn(CC)c2ncc(CCCNC(=O)OC(C)(C)C)cc2c1=O. The maximum absolute atomic E-state index is 12.8. The van der Waals surface area contributed by atoms with Crippen LogP contribution in [0.1, 0.15) is 57.0 Å². The van der Waals surface area contributed by atoms with Crippen molar-refractivity contribution >= 4 is 23.1 Å². The van der Waals surface area contributed by atoms with Crippen LogP contribution in [0.2, 0.25) is 0 Å². The van der Waals surface area contributed by atoms with Crippen molar-refractivity contribution in [2.45, 2.75) is 59.6 Å². The van der Waals surface area contributed by atoms with Crippen molar-refractivity contribution in [3.63, 3.8) is 0 Å². The van der Waals surface area contributed by atoms with E-state index in [0.717, 1.165) is 5.56 Å². The number of carbonyl (C=O) groups is 2. The minimum absolute atomic E-state index is 0.00624. The lowest BCUT2D eigenvalue weighted by molar-refractivity contribution is 0.0515. The molecule has 158 valence electrons. The second-order valence-corrected chi connectivity index (χ2v) is 7.63. The molecule has 1 N–H and O–H groups in total. The number of aryl methyl sites for hydroxylation is 2. The summed E-state index contributed by atoms with van der Waals surface area (Å²) in [4.78, 5) is 41.0. The molecule has 8 nitrogen and oxygen atoms in total. The van der Waals surface area contributed by atoms with Crippen molar-refractivity contribution in [2.75, 3.05) is 13.2 Å². The lowest BCUT2D eigenvalue weighted by atomic mass is 10.1. The number of aromatic nitrogens is 2. The molecule has 0 aromatic carbocycles. The van der Waals surface area contributed by atoms with Crippen molar-refractivity contribution in [3.8, 4) is 0 Å². The molecule has 0 spiro atoms. The van der Waals surface area contributed by atoms with Gasteiger partial charge >= 0.3 is 12.1 Å². The van der Waals surface area contributed by atoms with Gasteiger partial charge in [0.15, 0.2) is 0 Å². The Kier molecular flexibility index (Phi) is 7.36. The zero-order valence-corrected chi connectivity index (χ0v) is 17.7. The third-order valence-electron chi connectivity index (χ3n) is 4.12. The van der Waals surface area contributed by atoms with Gasteiger partial charge < -0.3 is 19.4 Å². The predicted molar refractivity (Wildman–Crippen MR) is 110 cm³/mol. The summed E-state index contributed by atoms with van der Waals surface area (Å²) in [5, 5.41) is 3.09. The molecule has 8 heteroatoms. The molecular weight excluding hydrogens is 374 g/mol. The number of pyridine rings is 2. The zero-order valence-electron chi connectivity index (χ0n) is 17.7. The highest BCUT2D eigenvalue weighted by molar-refractivity contribution is 5.93. The molecule has 0 fully saturated rings. The third-order valence-corrected chi connectivity index (χ3v) is 4.12. The van der Waals surface area contributed by atoms with E-state index < -0.39 is 17.7 Å². The number of amides is 1. The van der Waals surface area contributed by atoms with Crippen LogP contribution in [0, 0.1) is 0 Å². The number of alkyl carbamates (subject to hydrolysis) is 1. The molecule has 0 saturated heterocycles. The number of esters is 1. The first-order chi connectivity index (χ1) is 13.7. The Bertz CT molecular complexity index is 944. The monoisotopic (exact) mass is 403 g/mol. The maximum atomic E-state index is 12.8. The Balaban J connectivity index is 2.16. The molecule has 0 aliphatic carbocycles. The van der Waals surface area contributed by atoms with Gasteiger partial charge in [0.2, 0.25) is 5.43 Å². The molecule has 29 heavy (non-hydrogen) atoms. The van der Waals surface area contributed by atoms with Crippen molar-refractivity contribution in [3.05, 3.63) is 39.8 Å². The van der Waals surface area contributed by atoms with Crippen molar-refractivity contribution in [2.24, 2.45) is 0 Å². The Morgan fingerprint density at radius 3 is 2.59 bits per heavy atom. The second kappa shape index (κ2) is 9.54. The average Bonchev–Trinajstić information content (AvgIpc) is 2.64. The van der Waals surface area contributed by atoms with Crippen molar-refractivity contribution in [1.82, 2.24) is 14.9 Å². The van der Waals surface area contributed by atoms with Crippen LogP contribution in [0.25, 0.3) is 11.0 Å². The Hall–Kier alpha value is -2.90. The molecule has 0 unspecified atom stereocenters. The topological polar surface area (TPSA) is 99.5 Å². The van der Waals surface area contributed by atoms with Gasteiger partial charge in [-0.3, -0.25) is 4.79 Å². The van der Waals surface area contributed by atoms with E-state index in [1.807, 2.05) is 6.92 Å². The van der Waals surface area contributed by atoms with E-state index in [4.69, 9.17) is 9.47 Å². The lowest BCUT2D eigenvalue weighted by Crippen LogP contribution is -2.33.